The first-order valence-electron chi connectivity index (χ1n) is 8.79. The average molecular weight is 370 g/mol. The van der Waals surface area contributed by atoms with E-state index in [1.165, 1.54) is 6.07 Å². The highest BCUT2D eigenvalue weighted by Crippen LogP contribution is 2.32. The van der Waals surface area contributed by atoms with E-state index in [9.17, 15) is 10.1 Å². The first kappa shape index (κ1) is 18.5. The average Bonchev–Trinajstić information content (AvgIpc) is 3.14. The summed E-state index contributed by atoms with van der Waals surface area (Å²) in [7, 11) is 0. The number of nitro groups is 1. The quantitative estimate of drug-likeness (QED) is 0.336. The van der Waals surface area contributed by atoms with Crippen LogP contribution in [-0.2, 0) is 13.0 Å². The maximum absolute atomic E-state index is 10.9. The molecule has 0 radical (unpaired) electrons. The van der Waals surface area contributed by atoms with Crippen LogP contribution >= 0.6 is 0 Å². The van der Waals surface area contributed by atoms with Gasteiger partial charge in [0.05, 0.1) is 11.5 Å². The third-order valence-electron chi connectivity index (χ3n) is 4.03. The number of fused-ring (bicyclic) bond motifs is 1. The van der Waals surface area contributed by atoms with Crippen molar-refractivity contribution in [2.24, 2.45) is 4.99 Å². The van der Waals surface area contributed by atoms with Gasteiger partial charge in [0.15, 0.2) is 17.5 Å². The summed E-state index contributed by atoms with van der Waals surface area (Å²) in [6.45, 7) is 4.04. The van der Waals surface area contributed by atoms with Crippen molar-refractivity contribution in [1.29, 1.82) is 0 Å². The van der Waals surface area contributed by atoms with E-state index < -0.39 is 4.92 Å². The fraction of sp³-hybridized carbons (Fsp3) is 0.316. The number of benzene rings is 2. The third-order valence-corrected chi connectivity index (χ3v) is 4.03. The Labute approximate surface area is 157 Å². The molecule has 0 aromatic heterocycles. The van der Waals surface area contributed by atoms with Crippen molar-refractivity contribution in [1.82, 2.24) is 10.6 Å². The summed E-state index contributed by atoms with van der Waals surface area (Å²) in [5, 5.41) is 17.3. The highest BCUT2D eigenvalue weighted by atomic mass is 16.7. The van der Waals surface area contributed by atoms with E-state index >= 15 is 0 Å². The molecule has 2 N–H and O–H groups in total. The minimum Gasteiger partial charge on any atom is -0.454 e. The van der Waals surface area contributed by atoms with Crippen LogP contribution in [0.25, 0.3) is 0 Å². The lowest BCUT2D eigenvalue weighted by atomic mass is 10.1. The van der Waals surface area contributed by atoms with Crippen LogP contribution < -0.4 is 20.1 Å². The second-order valence-corrected chi connectivity index (χ2v) is 5.99. The molecule has 8 nitrogen and oxygen atoms in total. The molecule has 142 valence electrons. The standard InChI is InChI=1S/C19H22N4O4/c1-2-20-19(22-12-15-4-3-5-16(10-15)23(24)25)21-9-8-14-6-7-17-18(11-14)27-13-26-17/h3-7,10-11H,2,8-9,12-13H2,1H3,(H2,20,21,22). The van der Waals surface area contributed by atoms with Crippen molar-refractivity contribution >= 4 is 11.6 Å². The number of non-ortho nitro benzene ring substituents is 1. The van der Waals surface area contributed by atoms with Gasteiger partial charge >= 0.3 is 0 Å². The molecule has 1 aliphatic heterocycles. The first-order valence-corrected chi connectivity index (χ1v) is 8.79. The van der Waals surface area contributed by atoms with Crippen LogP contribution in [0.3, 0.4) is 0 Å². The first-order chi connectivity index (χ1) is 13.2. The van der Waals surface area contributed by atoms with Crippen molar-refractivity contribution < 1.29 is 14.4 Å². The number of rotatable bonds is 7. The predicted molar refractivity (Wildman–Crippen MR) is 102 cm³/mol. The Morgan fingerprint density at radius 2 is 2.00 bits per heavy atom. The molecule has 2 aromatic rings. The fourth-order valence-electron chi connectivity index (χ4n) is 2.70. The zero-order valence-corrected chi connectivity index (χ0v) is 15.1. The topological polar surface area (TPSA) is 98.0 Å². The fourth-order valence-corrected chi connectivity index (χ4v) is 2.70. The van der Waals surface area contributed by atoms with Gasteiger partial charge in [-0.2, -0.15) is 0 Å². The Balaban J connectivity index is 1.56. The Kier molecular flexibility index (Phi) is 6.09. The molecule has 0 fully saturated rings. The number of nitro benzene ring substituents is 1. The summed E-state index contributed by atoms with van der Waals surface area (Å²) in [4.78, 5) is 15.0. The zero-order chi connectivity index (χ0) is 19.1. The van der Waals surface area contributed by atoms with Gasteiger partial charge < -0.3 is 20.1 Å². The van der Waals surface area contributed by atoms with Crippen molar-refractivity contribution in [3.8, 4) is 11.5 Å². The molecule has 0 unspecified atom stereocenters. The SMILES string of the molecule is CCNC(=NCc1cccc([N+](=O)[O-])c1)NCCc1ccc2c(c1)OCO2. The van der Waals surface area contributed by atoms with Crippen LogP contribution in [0.15, 0.2) is 47.5 Å². The van der Waals surface area contributed by atoms with Crippen LogP contribution in [0, 0.1) is 10.1 Å². The molecule has 8 heteroatoms. The number of guanidine groups is 1. The van der Waals surface area contributed by atoms with E-state index in [0.717, 1.165) is 35.6 Å². The van der Waals surface area contributed by atoms with Gasteiger partial charge in [-0.05, 0) is 36.6 Å². The van der Waals surface area contributed by atoms with E-state index in [1.807, 2.05) is 31.2 Å². The molecule has 1 aliphatic rings. The highest BCUT2D eigenvalue weighted by Gasteiger charge is 2.13. The molecule has 27 heavy (non-hydrogen) atoms. The number of nitrogens with zero attached hydrogens (tertiary/aromatic N) is 2. The third kappa shape index (κ3) is 5.10. The van der Waals surface area contributed by atoms with Crippen molar-refractivity contribution in [3.63, 3.8) is 0 Å². The summed E-state index contributed by atoms with van der Waals surface area (Å²) in [6.07, 6.45) is 0.803. The summed E-state index contributed by atoms with van der Waals surface area (Å²) in [6, 6.07) is 12.4. The number of hydrogen-bond acceptors (Lipinski definition) is 5. The largest absolute Gasteiger partial charge is 0.454 e. The van der Waals surface area contributed by atoms with E-state index in [4.69, 9.17) is 9.47 Å². The Bertz CT molecular complexity index is 838. The lowest BCUT2D eigenvalue weighted by Crippen LogP contribution is -2.38. The molecule has 1 heterocycles. The van der Waals surface area contributed by atoms with Gasteiger partial charge in [-0.15, -0.1) is 0 Å². The predicted octanol–water partition coefficient (Wildman–Crippen LogP) is 2.62. The number of aliphatic imine (C=N–C) groups is 1. The van der Waals surface area contributed by atoms with E-state index in [0.29, 0.717) is 19.0 Å². The molecule has 0 atom stereocenters. The zero-order valence-electron chi connectivity index (χ0n) is 15.1. The lowest BCUT2D eigenvalue weighted by Gasteiger charge is -2.11. The van der Waals surface area contributed by atoms with Gasteiger partial charge in [0.1, 0.15) is 0 Å². The van der Waals surface area contributed by atoms with Gasteiger partial charge in [0.25, 0.3) is 5.69 Å². The van der Waals surface area contributed by atoms with Crippen LogP contribution in [0.4, 0.5) is 5.69 Å². The van der Waals surface area contributed by atoms with Gasteiger partial charge in [0, 0.05) is 25.2 Å². The van der Waals surface area contributed by atoms with Crippen molar-refractivity contribution in [2.75, 3.05) is 19.9 Å². The van der Waals surface area contributed by atoms with E-state index in [1.54, 1.807) is 12.1 Å². The number of hydrogen-bond donors (Lipinski definition) is 2. The van der Waals surface area contributed by atoms with Crippen LogP contribution in [-0.4, -0.2) is 30.8 Å². The molecule has 0 bridgehead atoms. The minimum absolute atomic E-state index is 0.0727. The molecular weight excluding hydrogens is 348 g/mol. The smallest absolute Gasteiger partial charge is 0.269 e. The summed E-state index contributed by atoms with van der Waals surface area (Å²) < 4.78 is 10.7. The Morgan fingerprint density at radius 1 is 1.15 bits per heavy atom. The summed E-state index contributed by atoms with van der Waals surface area (Å²) in [5.74, 6) is 2.22. The monoisotopic (exact) mass is 370 g/mol. The van der Waals surface area contributed by atoms with Gasteiger partial charge in [0.2, 0.25) is 6.79 Å². The van der Waals surface area contributed by atoms with Gasteiger partial charge in [-0.3, -0.25) is 10.1 Å². The highest BCUT2D eigenvalue weighted by molar-refractivity contribution is 5.79. The number of ether oxygens (including phenoxy) is 2. The molecule has 3 rings (SSSR count). The number of nitrogens with one attached hydrogen (secondary N) is 2. The maximum atomic E-state index is 10.9. The molecule has 0 saturated carbocycles. The lowest BCUT2D eigenvalue weighted by molar-refractivity contribution is -0.384. The summed E-state index contributed by atoms with van der Waals surface area (Å²) >= 11 is 0. The van der Waals surface area contributed by atoms with Crippen molar-refractivity contribution in [2.45, 2.75) is 19.9 Å². The molecule has 0 aliphatic carbocycles. The van der Waals surface area contributed by atoms with Crippen LogP contribution in [0.2, 0.25) is 0 Å². The van der Waals surface area contributed by atoms with Crippen LogP contribution in [0.1, 0.15) is 18.1 Å². The molecule has 2 aromatic carbocycles. The second-order valence-electron chi connectivity index (χ2n) is 5.99. The van der Waals surface area contributed by atoms with Crippen LogP contribution in [0.5, 0.6) is 11.5 Å². The Morgan fingerprint density at radius 3 is 2.81 bits per heavy atom. The Hall–Kier alpha value is -3.29. The summed E-state index contributed by atoms with van der Waals surface area (Å²) in [5.41, 5.74) is 2.00. The van der Waals surface area contributed by atoms with E-state index in [-0.39, 0.29) is 12.5 Å². The molecule has 0 spiro atoms. The molecular formula is C19H22N4O4. The van der Waals surface area contributed by atoms with Gasteiger partial charge in [-0.25, -0.2) is 4.99 Å². The minimum atomic E-state index is -0.401. The molecule has 0 saturated heterocycles. The maximum Gasteiger partial charge on any atom is 0.269 e. The van der Waals surface area contributed by atoms with Gasteiger partial charge in [-0.1, -0.05) is 18.2 Å². The molecule has 0 amide bonds. The normalized spacial score (nSPS) is 12.7. The van der Waals surface area contributed by atoms with Crippen molar-refractivity contribution in [3.05, 3.63) is 63.7 Å². The van der Waals surface area contributed by atoms with E-state index in [2.05, 4.69) is 15.6 Å². The second kappa shape index (κ2) is 8.88.